The summed E-state index contributed by atoms with van der Waals surface area (Å²) in [7, 11) is 1.44. The van der Waals surface area contributed by atoms with Crippen LogP contribution < -0.4 is 14.8 Å². The molecule has 3 rings (SSSR count). The molecular formula is C24H15Cl2FIN3O5. The fourth-order valence-electron chi connectivity index (χ4n) is 2.98. The van der Waals surface area contributed by atoms with Crippen LogP contribution in [0.15, 0.2) is 54.1 Å². The van der Waals surface area contributed by atoms with Crippen LogP contribution in [0.3, 0.4) is 0 Å². The molecule has 184 valence electrons. The molecule has 1 amide bonds. The number of amides is 1. The zero-order valence-electron chi connectivity index (χ0n) is 18.4. The summed E-state index contributed by atoms with van der Waals surface area (Å²) in [4.78, 5) is 23.0. The van der Waals surface area contributed by atoms with Crippen LogP contribution in [0.5, 0.6) is 11.5 Å². The van der Waals surface area contributed by atoms with Gasteiger partial charge in [-0.2, -0.15) is 5.26 Å². The van der Waals surface area contributed by atoms with E-state index in [9.17, 15) is 24.6 Å². The third-order valence-corrected chi connectivity index (χ3v) is 6.10. The SMILES string of the molecule is COc1cc(/C=C(\C#N)C(=O)Nc2c(Cl)cc([N+](=O)[O-])cc2Cl)cc(I)c1OCc1ccc(F)cc1. The summed E-state index contributed by atoms with van der Waals surface area (Å²) in [6.07, 6.45) is 1.33. The Bertz CT molecular complexity index is 1390. The van der Waals surface area contributed by atoms with Gasteiger partial charge in [-0.1, -0.05) is 35.3 Å². The third-order valence-electron chi connectivity index (χ3n) is 4.70. The highest BCUT2D eigenvalue weighted by atomic mass is 127. The molecular weight excluding hydrogens is 627 g/mol. The van der Waals surface area contributed by atoms with Crippen molar-refractivity contribution in [2.45, 2.75) is 6.61 Å². The van der Waals surface area contributed by atoms with Crippen LogP contribution in [0.25, 0.3) is 6.08 Å². The largest absolute Gasteiger partial charge is 0.493 e. The second kappa shape index (κ2) is 12.0. The molecule has 8 nitrogen and oxygen atoms in total. The first-order chi connectivity index (χ1) is 17.1. The highest BCUT2D eigenvalue weighted by Crippen LogP contribution is 2.36. The number of carbonyl (C=O) groups is 1. The van der Waals surface area contributed by atoms with Crippen molar-refractivity contribution in [3.05, 3.63) is 94.8 Å². The molecule has 12 heteroatoms. The van der Waals surface area contributed by atoms with Crippen molar-refractivity contribution in [3.8, 4) is 17.6 Å². The van der Waals surface area contributed by atoms with Crippen molar-refractivity contribution >= 4 is 69.2 Å². The molecule has 1 N–H and O–H groups in total. The molecule has 36 heavy (non-hydrogen) atoms. The molecule has 0 unspecified atom stereocenters. The number of nitrogens with zero attached hydrogens (tertiary/aromatic N) is 2. The van der Waals surface area contributed by atoms with Gasteiger partial charge in [0.2, 0.25) is 0 Å². The van der Waals surface area contributed by atoms with Crippen molar-refractivity contribution in [2.75, 3.05) is 12.4 Å². The molecule has 0 aliphatic carbocycles. The summed E-state index contributed by atoms with van der Waals surface area (Å²) in [5.74, 6) is -0.375. The predicted octanol–water partition coefficient (Wildman–Crippen LogP) is 6.78. The number of nitriles is 1. The van der Waals surface area contributed by atoms with Crippen molar-refractivity contribution < 1.29 is 23.6 Å². The number of nitro benzene ring substituents is 1. The van der Waals surface area contributed by atoms with E-state index in [1.165, 1.54) is 25.3 Å². The molecule has 3 aromatic rings. The summed E-state index contributed by atoms with van der Waals surface area (Å²) < 4.78 is 25.0. The van der Waals surface area contributed by atoms with Gasteiger partial charge in [0.15, 0.2) is 11.5 Å². The Kier molecular flexibility index (Phi) is 9.08. The fraction of sp³-hybridized carbons (Fsp3) is 0.0833. The van der Waals surface area contributed by atoms with Crippen LogP contribution in [0.4, 0.5) is 15.8 Å². The van der Waals surface area contributed by atoms with Gasteiger partial charge in [0, 0.05) is 12.1 Å². The molecule has 3 aromatic carbocycles. The number of halogens is 4. The van der Waals surface area contributed by atoms with Crippen molar-refractivity contribution in [2.24, 2.45) is 0 Å². The first-order valence-corrected chi connectivity index (χ1v) is 11.8. The molecule has 0 saturated heterocycles. The number of hydrogen-bond donors (Lipinski definition) is 1. The van der Waals surface area contributed by atoms with E-state index >= 15 is 0 Å². The quantitative estimate of drug-likeness (QED) is 0.0954. The second-order valence-corrected chi connectivity index (χ2v) is 9.09. The van der Waals surface area contributed by atoms with E-state index < -0.39 is 10.8 Å². The molecule has 0 spiro atoms. The Labute approximate surface area is 228 Å². The van der Waals surface area contributed by atoms with Gasteiger partial charge in [-0.15, -0.1) is 0 Å². The van der Waals surface area contributed by atoms with E-state index in [0.29, 0.717) is 20.6 Å². The minimum atomic E-state index is -0.819. The first-order valence-electron chi connectivity index (χ1n) is 9.94. The van der Waals surface area contributed by atoms with Crippen LogP contribution >= 0.6 is 45.8 Å². The molecule has 0 radical (unpaired) electrons. The van der Waals surface area contributed by atoms with E-state index in [-0.39, 0.29) is 39.4 Å². The van der Waals surface area contributed by atoms with Gasteiger partial charge in [0.1, 0.15) is 24.1 Å². The van der Waals surface area contributed by atoms with E-state index in [2.05, 4.69) is 5.32 Å². The van der Waals surface area contributed by atoms with Gasteiger partial charge < -0.3 is 14.8 Å². The van der Waals surface area contributed by atoms with Crippen LogP contribution in [0, 0.1) is 30.8 Å². The number of benzene rings is 3. The minimum absolute atomic E-state index is 0.0632. The van der Waals surface area contributed by atoms with E-state index in [1.807, 2.05) is 28.7 Å². The summed E-state index contributed by atoms with van der Waals surface area (Å²) in [6.45, 7) is 0.171. The first kappa shape index (κ1) is 27.2. The molecule has 0 bridgehead atoms. The standard InChI is InChI=1S/C24H15Cl2FIN3O5/c1-35-21-8-14(7-20(28)23(21)36-12-13-2-4-16(27)5-3-13)6-15(11-29)24(32)30-22-18(25)9-17(31(33)34)10-19(22)26/h2-10H,12H2,1H3,(H,30,32)/b15-6+. The highest BCUT2D eigenvalue weighted by molar-refractivity contribution is 14.1. The second-order valence-electron chi connectivity index (χ2n) is 7.11. The Balaban J connectivity index is 1.84. The van der Waals surface area contributed by atoms with Crippen LogP contribution in [0.1, 0.15) is 11.1 Å². The van der Waals surface area contributed by atoms with Gasteiger partial charge in [0.05, 0.1) is 31.3 Å². The van der Waals surface area contributed by atoms with Crippen LogP contribution in [0.2, 0.25) is 10.0 Å². The van der Waals surface area contributed by atoms with Gasteiger partial charge >= 0.3 is 0 Å². The number of nitro groups is 1. The van der Waals surface area contributed by atoms with Crippen LogP contribution in [-0.4, -0.2) is 17.9 Å². The maximum Gasteiger partial charge on any atom is 0.272 e. The minimum Gasteiger partial charge on any atom is -0.493 e. The van der Waals surface area contributed by atoms with E-state index in [1.54, 1.807) is 24.3 Å². The van der Waals surface area contributed by atoms with Crippen molar-refractivity contribution in [1.29, 1.82) is 5.26 Å². The molecule has 0 aliphatic heterocycles. The zero-order chi connectivity index (χ0) is 26.4. The van der Waals surface area contributed by atoms with E-state index in [4.69, 9.17) is 32.7 Å². The summed E-state index contributed by atoms with van der Waals surface area (Å²) in [5.41, 5.74) is 0.538. The predicted molar refractivity (Wildman–Crippen MR) is 142 cm³/mol. The van der Waals surface area contributed by atoms with Crippen molar-refractivity contribution in [3.63, 3.8) is 0 Å². The van der Waals surface area contributed by atoms with Gasteiger partial charge in [0.25, 0.3) is 11.6 Å². The fourth-order valence-corrected chi connectivity index (χ4v) is 4.33. The lowest BCUT2D eigenvalue weighted by Gasteiger charge is -2.14. The number of methoxy groups -OCH3 is 1. The average Bonchev–Trinajstić information content (AvgIpc) is 2.84. The Morgan fingerprint density at radius 1 is 1.22 bits per heavy atom. The molecule has 0 aliphatic rings. The Hall–Kier alpha value is -3.40. The normalized spacial score (nSPS) is 10.9. The number of carbonyl (C=O) groups excluding carboxylic acids is 1. The lowest BCUT2D eigenvalue weighted by Crippen LogP contribution is -2.14. The van der Waals surface area contributed by atoms with Crippen molar-refractivity contribution in [1.82, 2.24) is 0 Å². The lowest BCUT2D eigenvalue weighted by molar-refractivity contribution is -0.384. The summed E-state index contributed by atoms with van der Waals surface area (Å²) in [5, 5.41) is 22.6. The monoisotopic (exact) mass is 641 g/mol. The van der Waals surface area contributed by atoms with Gasteiger partial charge in [-0.05, 0) is 64.1 Å². The molecule has 0 aromatic heterocycles. The Morgan fingerprint density at radius 3 is 2.42 bits per heavy atom. The molecule has 0 heterocycles. The lowest BCUT2D eigenvalue weighted by atomic mass is 10.1. The molecule has 0 fully saturated rings. The Morgan fingerprint density at radius 2 is 1.86 bits per heavy atom. The topological polar surface area (TPSA) is 114 Å². The maximum absolute atomic E-state index is 13.1. The van der Waals surface area contributed by atoms with E-state index in [0.717, 1.165) is 17.7 Å². The smallest absolute Gasteiger partial charge is 0.272 e. The molecule has 0 atom stereocenters. The summed E-state index contributed by atoms with van der Waals surface area (Å²) >= 11 is 14.1. The average molecular weight is 642 g/mol. The molecule has 0 saturated carbocycles. The number of ether oxygens (including phenoxy) is 2. The number of anilines is 1. The number of hydrogen-bond acceptors (Lipinski definition) is 6. The maximum atomic E-state index is 13.1. The third kappa shape index (κ3) is 6.63. The van der Waals surface area contributed by atoms with Gasteiger partial charge in [-0.3, -0.25) is 14.9 Å². The van der Waals surface area contributed by atoms with Crippen LogP contribution in [-0.2, 0) is 11.4 Å². The number of non-ortho nitro benzene ring substituents is 1. The zero-order valence-corrected chi connectivity index (χ0v) is 22.0. The van der Waals surface area contributed by atoms with Gasteiger partial charge in [-0.25, -0.2) is 4.39 Å². The summed E-state index contributed by atoms with van der Waals surface area (Å²) in [6, 6.07) is 13.0. The highest BCUT2D eigenvalue weighted by Gasteiger charge is 2.19. The number of nitrogens with one attached hydrogen (secondary N) is 1. The number of rotatable bonds is 8.